The Balaban J connectivity index is 2.42. The van der Waals surface area contributed by atoms with E-state index in [1.54, 1.807) is 0 Å². The van der Waals surface area contributed by atoms with Gasteiger partial charge >= 0.3 is 7.12 Å². The first-order valence-corrected chi connectivity index (χ1v) is 5.78. The number of ether oxygens (including phenoxy) is 1. The SMILES string of the molecule is COc1ccc(=O)n(Cc2ccc(F)cc2B(O)O)n1. The molecule has 0 saturated heterocycles. The van der Waals surface area contributed by atoms with Crippen molar-refractivity contribution in [1.82, 2.24) is 9.78 Å². The molecule has 6 nitrogen and oxygen atoms in total. The maximum Gasteiger partial charge on any atom is 0.488 e. The molecule has 0 aliphatic heterocycles. The summed E-state index contributed by atoms with van der Waals surface area (Å²) in [6, 6.07) is 6.25. The van der Waals surface area contributed by atoms with E-state index >= 15 is 0 Å². The minimum atomic E-state index is -1.83. The van der Waals surface area contributed by atoms with Crippen LogP contribution in [0.2, 0.25) is 0 Å². The van der Waals surface area contributed by atoms with Crippen LogP contribution >= 0.6 is 0 Å². The van der Waals surface area contributed by atoms with E-state index in [0.717, 1.165) is 10.7 Å². The van der Waals surface area contributed by atoms with E-state index in [9.17, 15) is 19.2 Å². The summed E-state index contributed by atoms with van der Waals surface area (Å²) >= 11 is 0. The summed E-state index contributed by atoms with van der Waals surface area (Å²) in [5.41, 5.74) is -0.0146. The lowest BCUT2D eigenvalue weighted by atomic mass is 9.77. The standard InChI is InChI=1S/C12H12BFN2O4/c1-20-11-4-5-12(17)16(15-11)7-8-2-3-9(14)6-10(8)13(18)19/h2-6,18-19H,7H2,1H3. The van der Waals surface area contributed by atoms with Gasteiger partial charge in [-0.15, -0.1) is 5.10 Å². The first-order valence-electron chi connectivity index (χ1n) is 5.78. The summed E-state index contributed by atoms with van der Waals surface area (Å²) in [6.07, 6.45) is 0. The van der Waals surface area contributed by atoms with Gasteiger partial charge < -0.3 is 14.8 Å². The van der Waals surface area contributed by atoms with Crippen LogP contribution in [-0.2, 0) is 6.54 Å². The van der Waals surface area contributed by atoms with Gasteiger partial charge in [-0.25, -0.2) is 9.07 Å². The number of aromatic nitrogens is 2. The predicted octanol–water partition coefficient (Wildman–Crippen LogP) is -0.881. The largest absolute Gasteiger partial charge is 0.488 e. The second-order valence-corrected chi connectivity index (χ2v) is 4.09. The fourth-order valence-corrected chi connectivity index (χ4v) is 1.76. The van der Waals surface area contributed by atoms with Crippen LogP contribution in [0.25, 0.3) is 0 Å². The topological polar surface area (TPSA) is 84.6 Å². The number of halogens is 1. The van der Waals surface area contributed by atoms with Crippen molar-refractivity contribution in [2.75, 3.05) is 7.11 Å². The molecule has 0 radical (unpaired) electrons. The predicted molar refractivity (Wildman–Crippen MR) is 70.4 cm³/mol. The number of hydrogen-bond donors (Lipinski definition) is 2. The molecule has 0 atom stereocenters. The van der Waals surface area contributed by atoms with Gasteiger partial charge in [-0.1, -0.05) is 6.07 Å². The first kappa shape index (κ1) is 14.2. The minimum Gasteiger partial charge on any atom is -0.480 e. The van der Waals surface area contributed by atoms with E-state index in [2.05, 4.69) is 5.10 Å². The van der Waals surface area contributed by atoms with Crippen LogP contribution in [-0.4, -0.2) is 34.1 Å². The molecule has 0 aliphatic rings. The Morgan fingerprint density at radius 3 is 2.75 bits per heavy atom. The Kier molecular flexibility index (Phi) is 4.16. The van der Waals surface area contributed by atoms with Gasteiger partial charge in [0.25, 0.3) is 5.56 Å². The van der Waals surface area contributed by atoms with Gasteiger partial charge in [0.1, 0.15) is 5.82 Å². The van der Waals surface area contributed by atoms with Crippen molar-refractivity contribution < 1.29 is 19.2 Å². The van der Waals surface area contributed by atoms with Gasteiger partial charge in [0.05, 0.1) is 13.7 Å². The molecule has 8 heteroatoms. The van der Waals surface area contributed by atoms with Gasteiger partial charge in [-0.05, 0) is 23.2 Å². The summed E-state index contributed by atoms with van der Waals surface area (Å²) in [5, 5.41) is 22.4. The van der Waals surface area contributed by atoms with Crippen molar-refractivity contribution >= 4 is 12.6 Å². The molecule has 0 saturated carbocycles. The average molecular weight is 278 g/mol. The third kappa shape index (κ3) is 3.04. The van der Waals surface area contributed by atoms with Crippen molar-refractivity contribution in [2.24, 2.45) is 0 Å². The Labute approximate surface area is 114 Å². The fourth-order valence-electron chi connectivity index (χ4n) is 1.76. The van der Waals surface area contributed by atoms with E-state index in [1.165, 1.54) is 31.4 Å². The van der Waals surface area contributed by atoms with Gasteiger partial charge in [0.15, 0.2) is 0 Å². The molecule has 0 unspecified atom stereocenters. The third-order valence-corrected chi connectivity index (χ3v) is 2.76. The van der Waals surface area contributed by atoms with Crippen molar-refractivity contribution in [3.8, 4) is 5.88 Å². The van der Waals surface area contributed by atoms with Crippen LogP contribution in [0.15, 0.2) is 35.1 Å². The Bertz CT molecular complexity index is 675. The molecule has 1 aromatic heterocycles. The van der Waals surface area contributed by atoms with Gasteiger partial charge in [-0.2, -0.15) is 0 Å². The highest BCUT2D eigenvalue weighted by molar-refractivity contribution is 6.59. The molecule has 2 aromatic rings. The zero-order valence-electron chi connectivity index (χ0n) is 10.7. The summed E-state index contributed by atoms with van der Waals surface area (Å²) in [6.45, 7) is -0.0245. The summed E-state index contributed by atoms with van der Waals surface area (Å²) in [4.78, 5) is 11.7. The lowest BCUT2D eigenvalue weighted by Crippen LogP contribution is -2.35. The molecule has 0 spiro atoms. The first-order chi connectivity index (χ1) is 9.51. The van der Waals surface area contributed by atoms with Crippen molar-refractivity contribution in [3.63, 3.8) is 0 Å². The van der Waals surface area contributed by atoms with E-state index in [4.69, 9.17) is 4.74 Å². The Morgan fingerprint density at radius 1 is 1.35 bits per heavy atom. The van der Waals surface area contributed by atoms with Gasteiger partial charge in [0.2, 0.25) is 5.88 Å². The van der Waals surface area contributed by atoms with Gasteiger partial charge in [0, 0.05) is 12.1 Å². The molecule has 0 aliphatic carbocycles. The third-order valence-electron chi connectivity index (χ3n) is 2.76. The average Bonchev–Trinajstić information content (AvgIpc) is 2.42. The molecule has 2 rings (SSSR count). The number of hydrogen-bond acceptors (Lipinski definition) is 5. The van der Waals surface area contributed by atoms with Crippen LogP contribution in [0.5, 0.6) is 5.88 Å². The zero-order valence-corrected chi connectivity index (χ0v) is 10.7. The summed E-state index contributed by atoms with van der Waals surface area (Å²) in [5.74, 6) is -0.347. The maximum atomic E-state index is 13.1. The smallest absolute Gasteiger partial charge is 0.480 e. The van der Waals surface area contributed by atoms with Gasteiger partial charge in [-0.3, -0.25) is 4.79 Å². The monoisotopic (exact) mass is 278 g/mol. The minimum absolute atomic E-state index is 0.0125. The molecule has 0 amide bonds. The Morgan fingerprint density at radius 2 is 2.10 bits per heavy atom. The molecular weight excluding hydrogens is 266 g/mol. The van der Waals surface area contributed by atoms with E-state index < -0.39 is 12.9 Å². The second kappa shape index (κ2) is 5.85. The molecule has 0 bridgehead atoms. The van der Waals surface area contributed by atoms with E-state index in [0.29, 0.717) is 5.56 Å². The summed E-state index contributed by atoms with van der Waals surface area (Å²) < 4.78 is 19.1. The number of rotatable bonds is 4. The number of methoxy groups -OCH3 is 1. The molecule has 104 valence electrons. The lowest BCUT2D eigenvalue weighted by Gasteiger charge is -2.10. The molecule has 20 heavy (non-hydrogen) atoms. The van der Waals surface area contributed by atoms with Crippen LogP contribution in [0.1, 0.15) is 5.56 Å². The van der Waals surface area contributed by atoms with Crippen LogP contribution in [0, 0.1) is 5.82 Å². The fraction of sp³-hybridized carbons (Fsp3) is 0.167. The summed E-state index contributed by atoms with van der Waals surface area (Å²) in [7, 11) is -0.417. The molecule has 2 N–H and O–H groups in total. The second-order valence-electron chi connectivity index (χ2n) is 4.09. The molecular formula is C12H12BFN2O4. The van der Waals surface area contributed by atoms with Crippen LogP contribution in [0.3, 0.4) is 0 Å². The van der Waals surface area contributed by atoms with Crippen molar-refractivity contribution in [2.45, 2.75) is 6.54 Å². The van der Waals surface area contributed by atoms with E-state index in [-0.39, 0.29) is 23.4 Å². The van der Waals surface area contributed by atoms with E-state index in [1.807, 2.05) is 0 Å². The number of benzene rings is 1. The molecule has 1 aromatic carbocycles. The highest BCUT2D eigenvalue weighted by Crippen LogP contribution is 2.05. The lowest BCUT2D eigenvalue weighted by molar-refractivity contribution is 0.379. The zero-order chi connectivity index (χ0) is 14.7. The molecule has 0 fully saturated rings. The van der Waals surface area contributed by atoms with Crippen molar-refractivity contribution in [1.29, 1.82) is 0 Å². The Hall–Kier alpha value is -2.19. The maximum absolute atomic E-state index is 13.1. The van der Waals surface area contributed by atoms with Crippen molar-refractivity contribution in [3.05, 3.63) is 52.1 Å². The normalized spacial score (nSPS) is 10.4. The molecule has 1 heterocycles. The number of nitrogens with zero attached hydrogens (tertiary/aromatic N) is 2. The van der Waals surface area contributed by atoms with Crippen LogP contribution in [0.4, 0.5) is 4.39 Å². The quantitative estimate of drug-likeness (QED) is 0.709. The highest BCUT2D eigenvalue weighted by Gasteiger charge is 2.17. The van der Waals surface area contributed by atoms with Crippen LogP contribution < -0.4 is 15.8 Å². The highest BCUT2D eigenvalue weighted by atomic mass is 19.1.